The van der Waals surface area contributed by atoms with Crippen LogP contribution in [0.4, 0.5) is 0 Å². The minimum Gasteiger partial charge on any atom is -0.339 e. The molecule has 2 aromatic heterocycles. The third-order valence-corrected chi connectivity index (χ3v) is 5.36. The molecular weight excluding hydrogens is 338 g/mol. The fraction of sp³-hybridized carbons (Fsp3) is 0.429. The summed E-state index contributed by atoms with van der Waals surface area (Å²) in [6.45, 7) is 4.77. The standard InChI is InChI=1S/C21H25N5O/c1-2-3-11-25-14-10-24-20(25)16-6-12-26(13-7-16)21(27)17-4-5-18-19(15-17)23-9-8-22-18/h4-5,8-10,14-16H,2-3,6-7,11-13H2,1H3. The highest BCUT2D eigenvalue weighted by Gasteiger charge is 2.27. The third kappa shape index (κ3) is 3.70. The molecule has 0 N–H and O–H groups in total. The van der Waals surface area contributed by atoms with E-state index in [1.165, 1.54) is 18.7 Å². The first-order valence-electron chi connectivity index (χ1n) is 9.77. The fourth-order valence-electron chi connectivity index (χ4n) is 3.82. The Labute approximate surface area is 159 Å². The van der Waals surface area contributed by atoms with Crippen molar-refractivity contribution in [3.8, 4) is 0 Å². The van der Waals surface area contributed by atoms with Crippen LogP contribution in [0.25, 0.3) is 11.0 Å². The molecule has 3 heterocycles. The largest absolute Gasteiger partial charge is 0.339 e. The maximum atomic E-state index is 12.9. The number of hydrogen-bond donors (Lipinski definition) is 0. The topological polar surface area (TPSA) is 63.9 Å². The Hall–Kier alpha value is -2.76. The zero-order valence-electron chi connectivity index (χ0n) is 15.7. The number of aromatic nitrogens is 4. The monoisotopic (exact) mass is 363 g/mol. The van der Waals surface area contributed by atoms with Gasteiger partial charge in [0.25, 0.3) is 5.91 Å². The van der Waals surface area contributed by atoms with E-state index in [1.54, 1.807) is 12.4 Å². The number of carbonyl (C=O) groups excluding carboxylic acids is 1. The number of rotatable bonds is 5. The van der Waals surface area contributed by atoms with Gasteiger partial charge in [0, 0.05) is 55.9 Å². The van der Waals surface area contributed by atoms with Crippen LogP contribution in [-0.4, -0.2) is 43.4 Å². The molecule has 0 saturated carbocycles. The molecule has 140 valence electrons. The summed E-state index contributed by atoms with van der Waals surface area (Å²) in [4.78, 5) is 28.0. The summed E-state index contributed by atoms with van der Waals surface area (Å²) in [5.41, 5.74) is 2.26. The zero-order valence-corrected chi connectivity index (χ0v) is 15.7. The first-order chi connectivity index (χ1) is 13.3. The van der Waals surface area contributed by atoms with Gasteiger partial charge < -0.3 is 9.47 Å². The number of carbonyl (C=O) groups is 1. The molecule has 4 rings (SSSR count). The minimum absolute atomic E-state index is 0.0790. The normalized spacial score (nSPS) is 15.4. The Bertz CT molecular complexity index is 927. The fourth-order valence-corrected chi connectivity index (χ4v) is 3.82. The quantitative estimate of drug-likeness (QED) is 0.694. The Morgan fingerprint density at radius 3 is 2.63 bits per heavy atom. The summed E-state index contributed by atoms with van der Waals surface area (Å²) < 4.78 is 2.29. The van der Waals surface area contributed by atoms with E-state index < -0.39 is 0 Å². The van der Waals surface area contributed by atoms with Gasteiger partial charge in [-0.1, -0.05) is 13.3 Å². The van der Waals surface area contributed by atoms with Crippen LogP contribution in [0.1, 0.15) is 54.7 Å². The lowest BCUT2D eigenvalue weighted by molar-refractivity contribution is 0.0710. The molecule has 6 heteroatoms. The molecule has 27 heavy (non-hydrogen) atoms. The van der Waals surface area contributed by atoms with Gasteiger partial charge in [-0.25, -0.2) is 4.98 Å². The van der Waals surface area contributed by atoms with Crippen LogP contribution in [0, 0.1) is 0 Å². The molecule has 1 fully saturated rings. The molecule has 0 bridgehead atoms. The summed E-state index contributed by atoms with van der Waals surface area (Å²) in [6.07, 6.45) is 11.6. The smallest absolute Gasteiger partial charge is 0.253 e. The third-order valence-electron chi connectivity index (χ3n) is 5.36. The lowest BCUT2D eigenvalue weighted by Gasteiger charge is -2.32. The lowest BCUT2D eigenvalue weighted by atomic mass is 9.95. The van der Waals surface area contributed by atoms with Crippen molar-refractivity contribution < 1.29 is 4.79 Å². The number of aryl methyl sites for hydroxylation is 1. The highest BCUT2D eigenvalue weighted by atomic mass is 16.2. The number of benzene rings is 1. The van der Waals surface area contributed by atoms with E-state index >= 15 is 0 Å². The van der Waals surface area contributed by atoms with Gasteiger partial charge in [0.1, 0.15) is 5.82 Å². The summed E-state index contributed by atoms with van der Waals surface area (Å²) >= 11 is 0. The van der Waals surface area contributed by atoms with Gasteiger partial charge in [-0.3, -0.25) is 14.8 Å². The number of hydrogen-bond acceptors (Lipinski definition) is 4. The summed E-state index contributed by atoms with van der Waals surface area (Å²) in [5.74, 6) is 1.69. The average Bonchev–Trinajstić information content (AvgIpc) is 3.20. The van der Waals surface area contributed by atoms with Crippen LogP contribution < -0.4 is 0 Å². The number of nitrogens with zero attached hydrogens (tertiary/aromatic N) is 5. The maximum Gasteiger partial charge on any atom is 0.253 e. The number of amides is 1. The maximum absolute atomic E-state index is 12.9. The number of piperidine rings is 1. The second-order valence-corrected chi connectivity index (χ2v) is 7.16. The van der Waals surface area contributed by atoms with Gasteiger partial charge >= 0.3 is 0 Å². The van der Waals surface area contributed by atoms with Crippen LogP contribution in [0.3, 0.4) is 0 Å². The highest BCUT2D eigenvalue weighted by Crippen LogP contribution is 2.28. The van der Waals surface area contributed by atoms with E-state index in [9.17, 15) is 4.79 Å². The van der Waals surface area contributed by atoms with Crippen molar-refractivity contribution in [2.24, 2.45) is 0 Å². The van der Waals surface area contributed by atoms with Crippen molar-refractivity contribution in [1.82, 2.24) is 24.4 Å². The van der Waals surface area contributed by atoms with E-state index in [-0.39, 0.29) is 5.91 Å². The minimum atomic E-state index is 0.0790. The van der Waals surface area contributed by atoms with Crippen LogP contribution in [0.15, 0.2) is 43.0 Å². The molecule has 1 aliphatic heterocycles. The van der Waals surface area contributed by atoms with Gasteiger partial charge in [-0.2, -0.15) is 0 Å². The molecule has 6 nitrogen and oxygen atoms in total. The summed E-state index contributed by atoms with van der Waals surface area (Å²) in [5, 5.41) is 0. The van der Waals surface area contributed by atoms with Crippen LogP contribution in [0.2, 0.25) is 0 Å². The van der Waals surface area contributed by atoms with Crippen molar-refractivity contribution in [3.63, 3.8) is 0 Å². The first-order valence-corrected chi connectivity index (χ1v) is 9.77. The van der Waals surface area contributed by atoms with Gasteiger partial charge in [0.2, 0.25) is 0 Å². The summed E-state index contributed by atoms with van der Waals surface area (Å²) in [7, 11) is 0. The van der Waals surface area contributed by atoms with E-state index in [0.717, 1.165) is 43.5 Å². The number of imidazole rings is 1. The van der Waals surface area contributed by atoms with E-state index in [2.05, 4.69) is 32.6 Å². The zero-order chi connectivity index (χ0) is 18.6. The average molecular weight is 363 g/mol. The molecule has 1 aliphatic rings. The molecule has 3 aromatic rings. The van der Waals surface area contributed by atoms with E-state index in [1.807, 2.05) is 29.3 Å². The SMILES string of the molecule is CCCCn1ccnc1C1CCN(C(=O)c2ccc3nccnc3c2)CC1. The number of unbranched alkanes of at least 4 members (excludes halogenated alkanes) is 1. The Balaban J connectivity index is 1.42. The van der Waals surface area contributed by atoms with Gasteiger partial charge in [0.15, 0.2) is 0 Å². The van der Waals surface area contributed by atoms with Crippen molar-refractivity contribution in [2.45, 2.75) is 45.1 Å². The number of likely N-dealkylation sites (tertiary alicyclic amines) is 1. The molecule has 0 spiro atoms. The second kappa shape index (κ2) is 7.86. The molecule has 0 radical (unpaired) electrons. The molecular formula is C21H25N5O. The Kier molecular flexibility index (Phi) is 5.14. The van der Waals surface area contributed by atoms with Crippen molar-refractivity contribution in [2.75, 3.05) is 13.1 Å². The lowest BCUT2D eigenvalue weighted by Crippen LogP contribution is -2.38. The Morgan fingerprint density at radius 2 is 1.85 bits per heavy atom. The Morgan fingerprint density at radius 1 is 1.07 bits per heavy atom. The van der Waals surface area contributed by atoms with Crippen molar-refractivity contribution in [3.05, 3.63) is 54.4 Å². The molecule has 1 saturated heterocycles. The molecule has 0 atom stereocenters. The van der Waals surface area contributed by atoms with Gasteiger partial charge in [-0.05, 0) is 37.5 Å². The summed E-state index contributed by atoms with van der Waals surface area (Å²) in [6, 6.07) is 5.56. The van der Waals surface area contributed by atoms with Crippen LogP contribution in [-0.2, 0) is 6.54 Å². The first kappa shape index (κ1) is 17.6. The second-order valence-electron chi connectivity index (χ2n) is 7.16. The van der Waals surface area contributed by atoms with Gasteiger partial charge in [-0.15, -0.1) is 0 Å². The van der Waals surface area contributed by atoms with E-state index in [0.29, 0.717) is 11.5 Å². The number of fused-ring (bicyclic) bond motifs is 1. The van der Waals surface area contributed by atoms with Crippen LogP contribution >= 0.6 is 0 Å². The molecule has 1 aromatic carbocycles. The highest BCUT2D eigenvalue weighted by molar-refractivity contribution is 5.97. The molecule has 1 amide bonds. The molecule has 0 aliphatic carbocycles. The van der Waals surface area contributed by atoms with Crippen molar-refractivity contribution >= 4 is 16.9 Å². The van der Waals surface area contributed by atoms with Gasteiger partial charge in [0.05, 0.1) is 11.0 Å². The van der Waals surface area contributed by atoms with Crippen LogP contribution in [0.5, 0.6) is 0 Å². The molecule has 0 unspecified atom stereocenters. The predicted octanol–water partition coefficient (Wildman–Crippen LogP) is 3.65. The van der Waals surface area contributed by atoms with E-state index in [4.69, 9.17) is 0 Å². The van der Waals surface area contributed by atoms with Crippen molar-refractivity contribution in [1.29, 1.82) is 0 Å². The predicted molar refractivity (Wildman–Crippen MR) is 105 cm³/mol.